The maximum absolute atomic E-state index is 9.58. The Morgan fingerprint density at radius 1 is 1.33 bits per heavy atom. The number of hydrogen-bond donors (Lipinski definition) is 2. The van der Waals surface area contributed by atoms with Gasteiger partial charge in [-0.25, -0.2) is 0 Å². The van der Waals surface area contributed by atoms with Crippen LogP contribution in [-0.2, 0) is 6.54 Å². The zero-order valence-corrected chi connectivity index (χ0v) is 8.89. The first-order valence-electron chi connectivity index (χ1n) is 5.51. The summed E-state index contributed by atoms with van der Waals surface area (Å²) in [5.41, 5.74) is 7.88. The molecule has 0 saturated carbocycles. The molecule has 0 aliphatic carbocycles. The van der Waals surface area contributed by atoms with Crippen LogP contribution in [0.2, 0.25) is 0 Å². The molecule has 0 spiro atoms. The van der Waals surface area contributed by atoms with Crippen LogP contribution in [0.5, 0.6) is 0 Å². The van der Waals surface area contributed by atoms with E-state index in [0.717, 1.165) is 31.5 Å². The minimum absolute atomic E-state index is 0.173. The van der Waals surface area contributed by atoms with Crippen LogP contribution in [0.3, 0.4) is 0 Å². The lowest BCUT2D eigenvalue weighted by Gasteiger charge is -2.32. The SMILES string of the molecule is NCc1ccc(N2CCCC(O)C2)cc1. The Kier molecular flexibility index (Phi) is 3.23. The summed E-state index contributed by atoms with van der Waals surface area (Å²) in [6.45, 7) is 2.38. The number of aliphatic hydroxyl groups excluding tert-OH is 1. The largest absolute Gasteiger partial charge is 0.391 e. The van der Waals surface area contributed by atoms with Crippen LogP contribution in [0.15, 0.2) is 24.3 Å². The Morgan fingerprint density at radius 2 is 2.07 bits per heavy atom. The summed E-state index contributed by atoms with van der Waals surface area (Å²) in [7, 11) is 0. The minimum Gasteiger partial charge on any atom is -0.391 e. The normalized spacial score (nSPS) is 21.7. The van der Waals surface area contributed by atoms with Gasteiger partial charge in [-0.15, -0.1) is 0 Å². The van der Waals surface area contributed by atoms with Gasteiger partial charge in [0.25, 0.3) is 0 Å². The van der Waals surface area contributed by atoms with Gasteiger partial charge in [-0.05, 0) is 30.5 Å². The van der Waals surface area contributed by atoms with E-state index in [4.69, 9.17) is 5.73 Å². The molecule has 1 fully saturated rings. The van der Waals surface area contributed by atoms with E-state index in [-0.39, 0.29) is 6.10 Å². The second-order valence-electron chi connectivity index (χ2n) is 4.11. The van der Waals surface area contributed by atoms with Crippen LogP contribution < -0.4 is 10.6 Å². The third-order valence-electron chi connectivity index (χ3n) is 2.93. The molecule has 1 aliphatic heterocycles. The Hall–Kier alpha value is -1.06. The summed E-state index contributed by atoms with van der Waals surface area (Å²) in [5, 5.41) is 9.58. The summed E-state index contributed by atoms with van der Waals surface area (Å²) in [6, 6.07) is 8.27. The first-order chi connectivity index (χ1) is 7.29. The highest BCUT2D eigenvalue weighted by molar-refractivity contribution is 5.48. The molecule has 1 saturated heterocycles. The molecule has 15 heavy (non-hydrogen) atoms. The van der Waals surface area contributed by atoms with E-state index in [9.17, 15) is 5.11 Å². The van der Waals surface area contributed by atoms with Crippen molar-refractivity contribution in [3.8, 4) is 0 Å². The van der Waals surface area contributed by atoms with Crippen molar-refractivity contribution in [2.75, 3.05) is 18.0 Å². The molecular weight excluding hydrogens is 188 g/mol. The highest BCUT2D eigenvalue weighted by atomic mass is 16.3. The number of anilines is 1. The molecule has 0 bridgehead atoms. The first-order valence-corrected chi connectivity index (χ1v) is 5.51. The molecule has 2 rings (SSSR count). The van der Waals surface area contributed by atoms with Crippen molar-refractivity contribution < 1.29 is 5.11 Å². The maximum atomic E-state index is 9.58. The monoisotopic (exact) mass is 206 g/mol. The summed E-state index contributed by atoms with van der Waals surface area (Å²) in [5.74, 6) is 0. The molecule has 1 unspecified atom stereocenters. The molecule has 1 atom stereocenters. The van der Waals surface area contributed by atoms with E-state index < -0.39 is 0 Å². The number of β-amino-alcohol motifs (C(OH)–C–C–N with tert-alkyl or cyclic N) is 1. The maximum Gasteiger partial charge on any atom is 0.0715 e. The minimum atomic E-state index is -0.173. The molecule has 0 aromatic heterocycles. The number of nitrogens with zero attached hydrogens (tertiary/aromatic N) is 1. The van der Waals surface area contributed by atoms with Crippen molar-refractivity contribution in [3.05, 3.63) is 29.8 Å². The van der Waals surface area contributed by atoms with Crippen LogP contribution in [0.25, 0.3) is 0 Å². The van der Waals surface area contributed by atoms with Crippen LogP contribution >= 0.6 is 0 Å². The van der Waals surface area contributed by atoms with Crippen molar-refractivity contribution in [1.29, 1.82) is 0 Å². The molecule has 3 heteroatoms. The van der Waals surface area contributed by atoms with Crippen molar-refractivity contribution in [1.82, 2.24) is 0 Å². The molecule has 1 aliphatic rings. The van der Waals surface area contributed by atoms with E-state index in [1.165, 1.54) is 5.69 Å². The van der Waals surface area contributed by atoms with E-state index in [0.29, 0.717) is 6.54 Å². The average molecular weight is 206 g/mol. The number of piperidine rings is 1. The number of aliphatic hydroxyl groups is 1. The molecule has 3 nitrogen and oxygen atoms in total. The van der Waals surface area contributed by atoms with Gasteiger partial charge in [-0.1, -0.05) is 12.1 Å². The third kappa shape index (κ3) is 2.49. The van der Waals surface area contributed by atoms with Gasteiger partial charge in [0.2, 0.25) is 0 Å². The lowest BCUT2D eigenvalue weighted by molar-refractivity contribution is 0.154. The smallest absolute Gasteiger partial charge is 0.0715 e. The standard InChI is InChI=1S/C12H18N2O/c13-8-10-3-5-11(6-4-10)14-7-1-2-12(15)9-14/h3-6,12,15H,1-2,7-9,13H2. The third-order valence-corrected chi connectivity index (χ3v) is 2.93. The second-order valence-corrected chi connectivity index (χ2v) is 4.11. The van der Waals surface area contributed by atoms with Crippen LogP contribution in [0, 0.1) is 0 Å². The highest BCUT2D eigenvalue weighted by Gasteiger charge is 2.17. The molecular formula is C12H18N2O. The molecule has 0 amide bonds. The molecule has 3 N–H and O–H groups in total. The van der Waals surface area contributed by atoms with Gasteiger partial charge in [-0.2, -0.15) is 0 Å². The molecule has 82 valence electrons. The summed E-state index contributed by atoms with van der Waals surface area (Å²) >= 11 is 0. The predicted molar refractivity (Wildman–Crippen MR) is 61.8 cm³/mol. The molecule has 1 aromatic rings. The van der Waals surface area contributed by atoms with Gasteiger partial charge in [0.15, 0.2) is 0 Å². The Balaban J connectivity index is 2.07. The van der Waals surface area contributed by atoms with E-state index in [2.05, 4.69) is 29.2 Å². The number of hydrogen-bond acceptors (Lipinski definition) is 3. The van der Waals surface area contributed by atoms with Gasteiger partial charge in [0, 0.05) is 25.3 Å². The van der Waals surface area contributed by atoms with Gasteiger partial charge < -0.3 is 15.7 Å². The molecule has 1 aromatic carbocycles. The fraction of sp³-hybridized carbons (Fsp3) is 0.500. The van der Waals surface area contributed by atoms with Gasteiger partial charge in [0.05, 0.1) is 6.10 Å². The van der Waals surface area contributed by atoms with Crippen molar-refractivity contribution in [2.24, 2.45) is 5.73 Å². The lowest BCUT2D eigenvalue weighted by Crippen LogP contribution is -2.38. The summed E-state index contributed by atoms with van der Waals surface area (Å²) in [4.78, 5) is 2.23. The zero-order chi connectivity index (χ0) is 10.7. The Labute approximate surface area is 90.5 Å². The van der Waals surface area contributed by atoms with Crippen molar-refractivity contribution >= 4 is 5.69 Å². The first kappa shape index (κ1) is 10.5. The second kappa shape index (κ2) is 4.64. The number of rotatable bonds is 2. The number of benzene rings is 1. The van der Waals surface area contributed by atoms with Crippen LogP contribution in [0.4, 0.5) is 5.69 Å². The fourth-order valence-corrected chi connectivity index (χ4v) is 2.03. The lowest BCUT2D eigenvalue weighted by atomic mass is 10.1. The molecule has 0 radical (unpaired) electrons. The summed E-state index contributed by atoms with van der Waals surface area (Å²) in [6.07, 6.45) is 1.82. The van der Waals surface area contributed by atoms with Crippen LogP contribution in [0.1, 0.15) is 18.4 Å². The van der Waals surface area contributed by atoms with E-state index in [1.807, 2.05) is 0 Å². The Bertz CT molecular complexity index is 310. The highest BCUT2D eigenvalue weighted by Crippen LogP contribution is 2.20. The van der Waals surface area contributed by atoms with Gasteiger partial charge in [-0.3, -0.25) is 0 Å². The zero-order valence-electron chi connectivity index (χ0n) is 8.89. The Morgan fingerprint density at radius 3 is 2.67 bits per heavy atom. The average Bonchev–Trinajstić information content (AvgIpc) is 2.29. The van der Waals surface area contributed by atoms with Gasteiger partial charge >= 0.3 is 0 Å². The van der Waals surface area contributed by atoms with Crippen molar-refractivity contribution in [2.45, 2.75) is 25.5 Å². The van der Waals surface area contributed by atoms with E-state index >= 15 is 0 Å². The summed E-state index contributed by atoms with van der Waals surface area (Å²) < 4.78 is 0. The quantitative estimate of drug-likeness (QED) is 0.762. The molecule has 1 heterocycles. The van der Waals surface area contributed by atoms with Crippen LogP contribution in [-0.4, -0.2) is 24.3 Å². The topological polar surface area (TPSA) is 49.5 Å². The van der Waals surface area contributed by atoms with E-state index in [1.54, 1.807) is 0 Å². The fourth-order valence-electron chi connectivity index (χ4n) is 2.03. The van der Waals surface area contributed by atoms with Crippen molar-refractivity contribution in [3.63, 3.8) is 0 Å². The van der Waals surface area contributed by atoms with Gasteiger partial charge in [0.1, 0.15) is 0 Å². The predicted octanol–water partition coefficient (Wildman–Crippen LogP) is 1.11. The number of nitrogens with two attached hydrogens (primary N) is 1.